The van der Waals surface area contributed by atoms with Gasteiger partial charge in [-0.2, -0.15) is 0 Å². The molecule has 0 saturated carbocycles. The maximum atomic E-state index is 12.1. The van der Waals surface area contributed by atoms with Crippen LogP contribution in [0.25, 0.3) is 0 Å². The first-order valence-electron chi connectivity index (χ1n) is 7.54. The van der Waals surface area contributed by atoms with Gasteiger partial charge in [0, 0.05) is 30.8 Å². The van der Waals surface area contributed by atoms with Crippen molar-refractivity contribution in [2.24, 2.45) is 0 Å². The van der Waals surface area contributed by atoms with Crippen LogP contribution >= 0.6 is 11.6 Å². The van der Waals surface area contributed by atoms with Crippen LogP contribution in [0, 0.1) is 0 Å². The fourth-order valence-corrected chi connectivity index (χ4v) is 3.48. The van der Waals surface area contributed by atoms with Crippen molar-refractivity contribution in [3.8, 4) is 0 Å². The molecule has 0 bridgehead atoms. The van der Waals surface area contributed by atoms with Crippen molar-refractivity contribution in [3.05, 3.63) is 64.7 Å². The summed E-state index contributed by atoms with van der Waals surface area (Å²) in [5.74, 6) is -0.278. The third-order valence-corrected chi connectivity index (χ3v) is 5.00. The van der Waals surface area contributed by atoms with Crippen molar-refractivity contribution in [3.63, 3.8) is 0 Å². The molecule has 1 amide bonds. The van der Waals surface area contributed by atoms with Crippen LogP contribution in [0.5, 0.6) is 0 Å². The van der Waals surface area contributed by atoms with E-state index in [1.165, 1.54) is 12.1 Å². The molecule has 0 fully saturated rings. The molecular formula is C17H19ClN2O4S. The third kappa shape index (κ3) is 5.82. The lowest BCUT2D eigenvalue weighted by molar-refractivity contribution is 0.0954. The number of benzene rings is 2. The van der Waals surface area contributed by atoms with Gasteiger partial charge >= 0.3 is 0 Å². The molecule has 0 aliphatic rings. The Kier molecular flexibility index (Phi) is 6.95. The maximum absolute atomic E-state index is 12.1. The number of hydrogen-bond donors (Lipinski definition) is 2. The molecule has 2 aromatic carbocycles. The molecule has 0 spiro atoms. The monoisotopic (exact) mass is 382 g/mol. The fourth-order valence-electron chi connectivity index (χ4n) is 2.15. The Morgan fingerprint density at radius 3 is 2.60 bits per heavy atom. The molecule has 0 saturated heterocycles. The van der Waals surface area contributed by atoms with E-state index in [0.717, 1.165) is 5.56 Å². The van der Waals surface area contributed by atoms with E-state index >= 15 is 0 Å². The third-order valence-electron chi connectivity index (χ3n) is 3.31. The average Bonchev–Trinajstić information content (AvgIpc) is 2.59. The molecule has 6 nitrogen and oxygen atoms in total. The van der Waals surface area contributed by atoms with Crippen molar-refractivity contribution < 1.29 is 17.9 Å². The highest BCUT2D eigenvalue weighted by Crippen LogP contribution is 2.14. The first-order chi connectivity index (χ1) is 11.9. The van der Waals surface area contributed by atoms with E-state index in [1.54, 1.807) is 37.4 Å². The number of halogens is 1. The SMILES string of the molecule is COCc1cccc(C(=O)NCCNS(=O)(=O)c2cccc(Cl)c2)c1. The zero-order valence-electron chi connectivity index (χ0n) is 13.7. The summed E-state index contributed by atoms with van der Waals surface area (Å²) in [7, 11) is -2.08. The molecule has 0 aliphatic carbocycles. The molecular weight excluding hydrogens is 364 g/mol. The van der Waals surface area contributed by atoms with Gasteiger partial charge in [0.1, 0.15) is 0 Å². The zero-order chi connectivity index (χ0) is 18.3. The summed E-state index contributed by atoms with van der Waals surface area (Å²) in [6, 6.07) is 13.0. The fraction of sp³-hybridized carbons (Fsp3) is 0.235. The van der Waals surface area contributed by atoms with Gasteiger partial charge in [0.25, 0.3) is 5.91 Å². The molecule has 0 atom stereocenters. The Bertz CT molecular complexity index is 840. The number of hydrogen-bond acceptors (Lipinski definition) is 4. The quantitative estimate of drug-likeness (QED) is 0.685. The van der Waals surface area contributed by atoms with E-state index in [2.05, 4.69) is 10.0 Å². The highest BCUT2D eigenvalue weighted by atomic mass is 35.5. The highest BCUT2D eigenvalue weighted by Gasteiger charge is 2.13. The summed E-state index contributed by atoms with van der Waals surface area (Å²) < 4.78 is 31.7. The first-order valence-corrected chi connectivity index (χ1v) is 9.40. The zero-order valence-corrected chi connectivity index (χ0v) is 15.2. The Morgan fingerprint density at radius 2 is 1.88 bits per heavy atom. The summed E-state index contributed by atoms with van der Waals surface area (Å²) in [6.45, 7) is 0.645. The second-order valence-corrected chi connectivity index (χ2v) is 7.45. The molecule has 134 valence electrons. The average molecular weight is 383 g/mol. The van der Waals surface area contributed by atoms with Crippen molar-refractivity contribution in [2.45, 2.75) is 11.5 Å². The molecule has 0 heterocycles. The van der Waals surface area contributed by atoms with Crippen molar-refractivity contribution in [2.75, 3.05) is 20.2 Å². The van der Waals surface area contributed by atoms with E-state index in [0.29, 0.717) is 17.2 Å². The van der Waals surface area contributed by atoms with Crippen molar-refractivity contribution in [1.29, 1.82) is 0 Å². The minimum Gasteiger partial charge on any atom is -0.380 e. The maximum Gasteiger partial charge on any atom is 0.251 e. The van der Waals surface area contributed by atoms with E-state index in [-0.39, 0.29) is 23.9 Å². The summed E-state index contributed by atoms with van der Waals surface area (Å²) in [4.78, 5) is 12.2. The Hall–Kier alpha value is -1.93. The van der Waals surface area contributed by atoms with Crippen LogP contribution in [0.3, 0.4) is 0 Å². The van der Waals surface area contributed by atoms with Crippen LogP contribution in [-0.2, 0) is 21.4 Å². The summed E-state index contributed by atoms with van der Waals surface area (Å²) >= 11 is 5.80. The van der Waals surface area contributed by atoms with Gasteiger partial charge < -0.3 is 10.1 Å². The second kappa shape index (κ2) is 8.96. The summed E-state index contributed by atoms with van der Waals surface area (Å²) in [5.41, 5.74) is 1.38. The Morgan fingerprint density at radius 1 is 1.12 bits per heavy atom. The Labute approximate surface area is 152 Å². The van der Waals surface area contributed by atoms with E-state index in [9.17, 15) is 13.2 Å². The van der Waals surface area contributed by atoms with Crippen LogP contribution < -0.4 is 10.0 Å². The van der Waals surface area contributed by atoms with Gasteiger partial charge in [0.15, 0.2) is 0 Å². The van der Waals surface area contributed by atoms with Gasteiger partial charge in [-0.05, 0) is 35.9 Å². The number of nitrogens with one attached hydrogen (secondary N) is 2. The molecule has 2 rings (SSSR count). The van der Waals surface area contributed by atoms with E-state index < -0.39 is 10.0 Å². The minimum absolute atomic E-state index is 0.0678. The Balaban J connectivity index is 1.86. The molecule has 0 unspecified atom stereocenters. The largest absolute Gasteiger partial charge is 0.380 e. The topological polar surface area (TPSA) is 84.5 Å². The number of amides is 1. The van der Waals surface area contributed by atoms with Gasteiger partial charge in [0.05, 0.1) is 11.5 Å². The predicted octanol–water partition coefficient (Wildman–Crippen LogP) is 2.19. The van der Waals surface area contributed by atoms with Crippen LogP contribution in [0.2, 0.25) is 5.02 Å². The van der Waals surface area contributed by atoms with Crippen LogP contribution in [0.1, 0.15) is 15.9 Å². The van der Waals surface area contributed by atoms with Crippen molar-refractivity contribution >= 4 is 27.5 Å². The normalized spacial score (nSPS) is 11.3. The molecule has 0 aromatic heterocycles. The number of carbonyl (C=O) groups excluding carboxylic acids is 1. The molecule has 8 heteroatoms. The number of sulfonamides is 1. The van der Waals surface area contributed by atoms with Crippen LogP contribution in [-0.4, -0.2) is 34.5 Å². The van der Waals surface area contributed by atoms with Gasteiger partial charge in [0.2, 0.25) is 10.0 Å². The standard InChI is InChI=1S/C17H19ClN2O4S/c1-24-12-13-4-2-5-14(10-13)17(21)19-8-9-20-25(22,23)16-7-3-6-15(18)11-16/h2-7,10-11,20H,8-9,12H2,1H3,(H,19,21). The number of ether oxygens (including phenoxy) is 1. The van der Waals surface area contributed by atoms with Gasteiger partial charge in [-0.15, -0.1) is 0 Å². The molecule has 0 aliphatic heterocycles. The van der Waals surface area contributed by atoms with Crippen molar-refractivity contribution in [1.82, 2.24) is 10.0 Å². The second-order valence-electron chi connectivity index (χ2n) is 5.24. The smallest absolute Gasteiger partial charge is 0.251 e. The molecule has 0 radical (unpaired) electrons. The lowest BCUT2D eigenvalue weighted by atomic mass is 10.1. The first kappa shape index (κ1) is 19.4. The number of methoxy groups -OCH3 is 1. The predicted molar refractivity (Wildman–Crippen MR) is 96.1 cm³/mol. The van der Waals surface area contributed by atoms with E-state index in [1.807, 2.05) is 6.07 Å². The lowest BCUT2D eigenvalue weighted by Crippen LogP contribution is -2.34. The summed E-state index contributed by atoms with van der Waals surface area (Å²) in [6.07, 6.45) is 0. The molecule has 2 aromatic rings. The van der Waals surface area contributed by atoms with E-state index in [4.69, 9.17) is 16.3 Å². The molecule has 2 N–H and O–H groups in total. The van der Waals surface area contributed by atoms with Gasteiger partial charge in [-0.25, -0.2) is 13.1 Å². The van der Waals surface area contributed by atoms with Crippen LogP contribution in [0.4, 0.5) is 0 Å². The molecule has 25 heavy (non-hydrogen) atoms. The summed E-state index contributed by atoms with van der Waals surface area (Å²) in [5, 5.41) is 3.01. The highest BCUT2D eigenvalue weighted by molar-refractivity contribution is 7.89. The van der Waals surface area contributed by atoms with Gasteiger partial charge in [-0.3, -0.25) is 4.79 Å². The minimum atomic E-state index is -3.66. The number of carbonyl (C=O) groups is 1. The number of rotatable bonds is 8. The van der Waals surface area contributed by atoms with Crippen LogP contribution in [0.15, 0.2) is 53.4 Å². The van der Waals surface area contributed by atoms with Gasteiger partial charge in [-0.1, -0.05) is 29.8 Å². The lowest BCUT2D eigenvalue weighted by Gasteiger charge is -2.09.